The zero-order chi connectivity index (χ0) is 13.8. The highest BCUT2D eigenvalue weighted by atomic mass is 16.3. The Hall–Kier alpha value is -0.980. The minimum atomic E-state index is 0.330. The Kier molecular flexibility index (Phi) is 5.25. The molecule has 102 valence electrons. The van der Waals surface area contributed by atoms with Crippen LogP contribution >= 0.6 is 0 Å². The highest BCUT2D eigenvalue weighted by molar-refractivity contribution is 5.34. The number of para-hydroxylation sites is 1. The van der Waals surface area contributed by atoms with Crippen LogP contribution in [0.4, 0.5) is 0 Å². The molecule has 0 saturated heterocycles. The van der Waals surface area contributed by atoms with E-state index in [1.54, 1.807) is 6.07 Å². The van der Waals surface area contributed by atoms with Gasteiger partial charge in [-0.3, -0.25) is 0 Å². The molecular formula is C17H28O. The van der Waals surface area contributed by atoms with Gasteiger partial charge in [0.1, 0.15) is 5.75 Å². The molecule has 0 aliphatic rings. The Morgan fingerprint density at radius 3 is 2.28 bits per heavy atom. The molecular weight excluding hydrogens is 220 g/mol. The summed E-state index contributed by atoms with van der Waals surface area (Å²) in [6.07, 6.45) is 3.46. The highest BCUT2D eigenvalue weighted by Crippen LogP contribution is 2.39. The summed E-state index contributed by atoms with van der Waals surface area (Å²) in [5, 5.41) is 10.0. The van der Waals surface area contributed by atoms with Crippen molar-refractivity contribution in [2.75, 3.05) is 0 Å². The zero-order valence-corrected chi connectivity index (χ0v) is 12.5. The van der Waals surface area contributed by atoms with E-state index in [4.69, 9.17) is 0 Å². The SMILES string of the molecule is CCCC(CC(C)C(C)(C)C)c1ccccc1O. The third-order valence-electron chi connectivity index (χ3n) is 4.13. The average molecular weight is 248 g/mol. The monoisotopic (exact) mass is 248 g/mol. The molecule has 0 amide bonds. The second-order valence-electron chi connectivity index (χ2n) is 6.55. The third kappa shape index (κ3) is 4.04. The normalized spacial score (nSPS) is 15.4. The molecule has 1 aromatic rings. The highest BCUT2D eigenvalue weighted by Gasteiger charge is 2.25. The van der Waals surface area contributed by atoms with Crippen LogP contribution in [0.3, 0.4) is 0 Å². The molecule has 18 heavy (non-hydrogen) atoms. The lowest BCUT2D eigenvalue weighted by atomic mass is 9.74. The fourth-order valence-corrected chi connectivity index (χ4v) is 2.36. The van der Waals surface area contributed by atoms with Gasteiger partial charge in [0.05, 0.1) is 0 Å². The number of aromatic hydroxyl groups is 1. The van der Waals surface area contributed by atoms with Gasteiger partial charge < -0.3 is 5.11 Å². The van der Waals surface area contributed by atoms with Crippen LogP contribution < -0.4 is 0 Å². The predicted molar refractivity (Wildman–Crippen MR) is 79.0 cm³/mol. The maximum Gasteiger partial charge on any atom is 0.119 e. The smallest absolute Gasteiger partial charge is 0.119 e. The van der Waals surface area contributed by atoms with Crippen molar-refractivity contribution < 1.29 is 5.11 Å². The lowest BCUT2D eigenvalue weighted by molar-refractivity contribution is 0.228. The van der Waals surface area contributed by atoms with Gasteiger partial charge in [0.15, 0.2) is 0 Å². The van der Waals surface area contributed by atoms with Crippen molar-refractivity contribution in [2.45, 2.75) is 59.8 Å². The Bertz CT molecular complexity index is 362. The second kappa shape index (κ2) is 6.26. The van der Waals surface area contributed by atoms with E-state index in [0.29, 0.717) is 23.0 Å². The topological polar surface area (TPSA) is 20.2 Å². The van der Waals surface area contributed by atoms with Crippen LogP contribution in [-0.2, 0) is 0 Å². The van der Waals surface area contributed by atoms with Crippen molar-refractivity contribution in [3.63, 3.8) is 0 Å². The van der Waals surface area contributed by atoms with E-state index in [1.165, 1.54) is 0 Å². The predicted octanol–water partition coefficient (Wildman–Crippen LogP) is 5.35. The number of rotatable bonds is 5. The van der Waals surface area contributed by atoms with Gasteiger partial charge in [0.2, 0.25) is 0 Å². The van der Waals surface area contributed by atoms with Crippen molar-refractivity contribution >= 4 is 0 Å². The summed E-state index contributed by atoms with van der Waals surface area (Å²) in [7, 11) is 0. The maximum atomic E-state index is 10.0. The van der Waals surface area contributed by atoms with Crippen LogP contribution in [0.5, 0.6) is 5.75 Å². The van der Waals surface area contributed by atoms with Gasteiger partial charge in [-0.25, -0.2) is 0 Å². The molecule has 0 heterocycles. The van der Waals surface area contributed by atoms with Gasteiger partial charge in [0, 0.05) is 0 Å². The molecule has 1 nitrogen and oxygen atoms in total. The summed E-state index contributed by atoms with van der Waals surface area (Å²) in [5.74, 6) is 1.58. The molecule has 2 unspecified atom stereocenters. The lowest BCUT2D eigenvalue weighted by Crippen LogP contribution is -2.20. The Morgan fingerprint density at radius 2 is 1.78 bits per heavy atom. The van der Waals surface area contributed by atoms with E-state index in [9.17, 15) is 5.11 Å². The second-order valence-corrected chi connectivity index (χ2v) is 6.55. The average Bonchev–Trinajstić information content (AvgIpc) is 2.28. The van der Waals surface area contributed by atoms with Crippen molar-refractivity contribution in [1.29, 1.82) is 0 Å². The van der Waals surface area contributed by atoms with Crippen LogP contribution in [0.1, 0.15) is 65.4 Å². The zero-order valence-electron chi connectivity index (χ0n) is 12.5. The first-order chi connectivity index (χ1) is 8.36. The Balaban J connectivity index is 2.87. The van der Waals surface area contributed by atoms with Gasteiger partial charge in [-0.05, 0) is 41.7 Å². The molecule has 0 spiro atoms. The van der Waals surface area contributed by atoms with Crippen molar-refractivity contribution in [2.24, 2.45) is 11.3 Å². The van der Waals surface area contributed by atoms with Crippen LogP contribution in [0.2, 0.25) is 0 Å². The number of benzene rings is 1. The number of hydrogen-bond donors (Lipinski definition) is 1. The van der Waals surface area contributed by atoms with Crippen LogP contribution in [0, 0.1) is 11.3 Å². The standard InChI is InChI=1S/C17H28O/c1-6-9-14(12-13(2)17(3,4)5)15-10-7-8-11-16(15)18/h7-8,10-11,13-14,18H,6,9,12H2,1-5H3. The first-order valence-corrected chi connectivity index (χ1v) is 7.14. The molecule has 2 atom stereocenters. The minimum absolute atomic E-state index is 0.330. The van der Waals surface area contributed by atoms with E-state index < -0.39 is 0 Å². The largest absolute Gasteiger partial charge is 0.508 e. The van der Waals surface area contributed by atoms with E-state index in [1.807, 2.05) is 12.1 Å². The van der Waals surface area contributed by atoms with E-state index in [-0.39, 0.29) is 0 Å². The van der Waals surface area contributed by atoms with E-state index in [0.717, 1.165) is 24.8 Å². The molecule has 0 fully saturated rings. The summed E-state index contributed by atoms with van der Waals surface area (Å²) in [4.78, 5) is 0. The maximum absolute atomic E-state index is 10.0. The summed E-state index contributed by atoms with van der Waals surface area (Å²) in [6.45, 7) is 11.4. The van der Waals surface area contributed by atoms with Crippen LogP contribution in [0.15, 0.2) is 24.3 Å². The van der Waals surface area contributed by atoms with Gasteiger partial charge in [-0.15, -0.1) is 0 Å². The Morgan fingerprint density at radius 1 is 1.17 bits per heavy atom. The molecule has 0 bridgehead atoms. The quantitative estimate of drug-likeness (QED) is 0.745. The summed E-state index contributed by atoms with van der Waals surface area (Å²) >= 11 is 0. The molecule has 1 rings (SSSR count). The Labute approximate surface area is 112 Å². The molecule has 0 radical (unpaired) electrons. The van der Waals surface area contributed by atoms with E-state index in [2.05, 4.69) is 40.7 Å². The number of hydrogen-bond acceptors (Lipinski definition) is 1. The molecule has 0 saturated carbocycles. The van der Waals surface area contributed by atoms with E-state index >= 15 is 0 Å². The molecule has 1 N–H and O–H groups in total. The lowest BCUT2D eigenvalue weighted by Gasteiger charge is -2.31. The van der Waals surface area contributed by atoms with Gasteiger partial charge >= 0.3 is 0 Å². The molecule has 0 aliphatic carbocycles. The molecule has 1 heteroatoms. The first kappa shape index (κ1) is 15.1. The molecule has 1 aromatic carbocycles. The van der Waals surface area contributed by atoms with Crippen LogP contribution in [0.25, 0.3) is 0 Å². The van der Waals surface area contributed by atoms with Crippen molar-refractivity contribution in [1.82, 2.24) is 0 Å². The van der Waals surface area contributed by atoms with Crippen LogP contribution in [-0.4, -0.2) is 5.11 Å². The van der Waals surface area contributed by atoms with Gasteiger partial charge in [0.25, 0.3) is 0 Å². The molecule has 0 aromatic heterocycles. The summed E-state index contributed by atoms with van der Waals surface area (Å²) in [6, 6.07) is 7.80. The van der Waals surface area contributed by atoms with Gasteiger partial charge in [-0.2, -0.15) is 0 Å². The fourth-order valence-electron chi connectivity index (χ4n) is 2.36. The third-order valence-corrected chi connectivity index (χ3v) is 4.13. The summed E-state index contributed by atoms with van der Waals surface area (Å²) < 4.78 is 0. The molecule has 0 aliphatic heterocycles. The fraction of sp³-hybridized carbons (Fsp3) is 0.647. The summed E-state index contributed by atoms with van der Waals surface area (Å²) in [5.41, 5.74) is 1.45. The number of phenols is 1. The van der Waals surface area contributed by atoms with Gasteiger partial charge in [-0.1, -0.05) is 59.2 Å². The van der Waals surface area contributed by atoms with Crippen molar-refractivity contribution in [3.05, 3.63) is 29.8 Å². The minimum Gasteiger partial charge on any atom is -0.508 e. The van der Waals surface area contributed by atoms with Crippen molar-refractivity contribution in [3.8, 4) is 5.75 Å². The first-order valence-electron chi connectivity index (χ1n) is 7.14. The number of phenolic OH excluding ortho intramolecular Hbond substituents is 1.